The van der Waals surface area contributed by atoms with E-state index in [4.69, 9.17) is 4.98 Å². The fourth-order valence-electron chi connectivity index (χ4n) is 7.11. The molecule has 1 saturated carbocycles. The average molecular weight is 381 g/mol. The van der Waals surface area contributed by atoms with Crippen molar-refractivity contribution in [3.8, 4) is 0 Å². The summed E-state index contributed by atoms with van der Waals surface area (Å²) < 4.78 is 5.07. The minimum Gasteiger partial charge on any atom is -0.358 e. The second-order valence-corrected chi connectivity index (χ2v) is 9.48. The zero-order chi connectivity index (χ0) is 19.1. The summed E-state index contributed by atoms with van der Waals surface area (Å²) in [6, 6.07) is 13.2. The van der Waals surface area contributed by atoms with Crippen molar-refractivity contribution in [2.45, 2.75) is 38.1 Å². The van der Waals surface area contributed by atoms with Gasteiger partial charge in [-0.3, -0.25) is 8.97 Å². The van der Waals surface area contributed by atoms with Gasteiger partial charge in [-0.25, -0.2) is 4.98 Å². The Morgan fingerprint density at radius 2 is 1.86 bits per heavy atom. The molecule has 0 saturated heterocycles. The van der Waals surface area contributed by atoms with Crippen molar-refractivity contribution in [3.05, 3.63) is 53.4 Å². The van der Waals surface area contributed by atoms with Crippen molar-refractivity contribution in [1.29, 1.82) is 0 Å². The highest BCUT2D eigenvalue weighted by Crippen LogP contribution is 2.61. The SMILES string of the molecule is Cc1ccc2c3c1N1CN(C)C4=C1C1(CCC4CC1)n3c1nc3ccccc3n21. The smallest absolute Gasteiger partial charge is 0.216 e. The molecule has 0 radical (unpaired) electrons. The quantitative estimate of drug-likeness (QED) is 0.446. The molecule has 3 aliphatic carbocycles. The maximum atomic E-state index is 5.19. The third kappa shape index (κ3) is 1.41. The Hall–Kier alpha value is -2.95. The lowest BCUT2D eigenvalue weighted by Gasteiger charge is -2.52. The molecule has 0 atom stereocenters. The minimum absolute atomic E-state index is 0.0556. The molecule has 5 aliphatic rings. The van der Waals surface area contributed by atoms with Crippen LogP contribution in [-0.2, 0) is 5.54 Å². The van der Waals surface area contributed by atoms with Crippen LogP contribution in [0.5, 0.6) is 0 Å². The summed E-state index contributed by atoms with van der Waals surface area (Å²) in [5.74, 6) is 1.85. The molecule has 144 valence electrons. The number of hydrogen-bond donors (Lipinski definition) is 0. The Morgan fingerprint density at radius 3 is 2.72 bits per heavy atom. The van der Waals surface area contributed by atoms with E-state index in [2.05, 4.69) is 69.1 Å². The van der Waals surface area contributed by atoms with Crippen molar-refractivity contribution >= 4 is 33.5 Å². The van der Waals surface area contributed by atoms with Crippen molar-refractivity contribution in [3.63, 3.8) is 0 Å². The number of allylic oxidation sites excluding steroid dienone is 2. The highest BCUT2D eigenvalue weighted by atomic mass is 15.4. The van der Waals surface area contributed by atoms with Crippen molar-refractivity contribution in [2.75, 3.05) is 18.6 Å². The lowest BCUT2D eigenvalue weighted by Crippen LogP contribution is -2.50. The lowest BCUT2D eigenvalue weighted by molar-refractivity contribution is 0.168. The predicted molar refractivity (Wildman–Crippen MR) is 115 cm³/mol. The molecule has 0 N–H and O–H groups in total. The van der Waals surface area contributed by atoms with Crippen LogP contribution in [0.15, 0.2) is 47.8 Å². The van der Waals surface area contributed by atoms with Gasteiger partial charge >= 0.3 is 0 Å². The molecule has 29 heavy (non-hydrogen) atoms. The molecule has 2 bridgehead atoms. The van der Waals surface area contributed by atoms with Crippen LogP contribution in [0.1, 0.15) is 31.2 Å². The number of aromatic nitrogens is 3. The Morgan fingerprint density at radius 1 is 1.03 bits per heavy atom. The molecular formula is C24H23N5. The zero-order valence-electron chi connectivity index (χ0n) is 16.8. The van der Waals surface area contributed by atoms with E-state index >= 15 is 0 Å². The first-order chi connectivity index (χ1) is 14.2. The number of benzene rings is 2. The summed E-state index contributed by atoms with van der Waals surface area (Å²) in [4.78, 5) is 10.4. The molecule has 5 nitrogen and oxygen atoms in total. The van der Waals surface area contributed by atoms with Gasteiger partial charge in [-0.2, -0.15) is 0 Å². The molecule has 4 aromatic rings. The summed E-state index contributed by atoms with van der Waals surface area (Å²) in [5.41, 5.74) is 11.0. The van der Waals surface area contributed by atoms with Gasteiger partial charge in [0.05, 0.1) is 45.7 Å². The highest BCUT2D eigenvalue weighted by Gasteiger charge is 2.57. The molecule has 9 rings (SSSR count). The molecule has 2 aliphatic heterocycles. The van der Waals surface area contributed by atoms with Gasteiger partial charge in [0.15, 0.2) is 0 Å². The number of imidazole rings is 2. The Bertz CT molecular complexity index is 1430. The Labute approximate surface area is 168 Å². The van der Waals surface area contributed by atoms with Crippen LogP contribution in [0.4, 0.5) is 5.69 Å². The number of hydrogen-bond acceptors (Lipinski definition) is 3. The minimum atomic E-state index is 0.0556. The molecule has 4 heterocycles. The van der Waals surface area contributed by atoms with Crippen molar-refractivity contribution in [1.82, 2.24) is 18.9 Å². The second kappa shape index (κ2) is 4.45. The van der Waals surface area contributed by atoms with E-state index in [1.165, 1.54) is 53.5 Å². The molecule has 1 spiro atoms. The number of anilines is 1. The van der Waals surface area contributed by atoms with Gasteiger partial charge in [0.25, 0.3) is 0 Å². The third-order valence-corrected chi connectivity index (χ3v) is 8.15. The standard InChI is InChI=1S/C24H23N5/c1-14-7-8-18-21-19(14)27-13-26(2)20-15-9-11-24(12-10-15,22(20)27)29(21)23-25-16-5-3-4-6-17(16)28(18)23/h3-8,15H,9-13H2,1-2H3. The first-order valence-corrected chi connectivity index (χ1v) is 10.8. The van der Waals surface area contributed by atoms with Gasteiger partial charge in [0.1, 0.15) is 0 Å². The predicted octanol–water partition coefficient (Wildman–Crippen LogP) is 4.58. The fraction of sp³-hybridized carbons (Fsp3) is 0.375. The number of rotatable bonds is 0. The van der Waals surface area contributed by atoms with Gasteiger partial charge in [-0.05, 0) is 56.4 Å². The topological polar surface area (TPSA) is 28.7 Å². The molecular weight excluding hydrogens is 358 g/mol. The second-order valence-electron chi connectivity index (χ2n) is 9.48. The van der Waals surface area contributed by atoms with E-state index in [1.807, 2.05) is 0 Å². The first-order valence-electron chi connectivity index (χ1n) is 10.8. The van der Waals surface area contributed by atoms with E-state index in [1.54, 1.807) is 11.4 Å². The number of aryl methyl sites for hydroxylation is 1. The van der Waals surface area contributed by atoms with E-state index in [0.717, 1.165) is 23.9 Å². The zero-order valence-corrected chi connectivity index (χ0v) is 16.8. The van der Waals surface area contributed by atoms with Gasteiger partial charge in [0, 0.05) is 18.7 Å². The molecule has 0 unspecified atom stereocenters. The van der Waals surface area contributed by atoms with Crippen LogP contribution in [0, 0.1) is 12.8 Å². The maximum absolute atomic E-state index is 5.19. The fourth-order valence-corrected chi connectivity index (χ4v) is 7.11. The van der Waals surface area contributed by atoms with E-state index in [0.29, 0.717) is 0 Å². The molecule has 2 aromatic heterocycles. The van der Waals surface area contributed by atoms with Crippen LogP contribution in [0.25, 0.3) is 27.8 Å². The highest BCUT2D eigenvalue weighted by molar-refractivity contribution is 6.00. The van der Waals surface area contributed by atoms with Crippen molar-refractivity contribution < 1.29 is 0 Å². The van der Waals surface area contributed by atoms with Crippen LogP contribution in [-0.4, -0.2) is 32.6 Å². The number of fused-ring (bicyclic) bond motifs is 8. The van der Waals surface area contributed by atoms with Crippen LogP contribution >= 0.6 is 0 Å². The lowest BCUT2D eigenvalue weighted by atomic mass is 9.65. The average Bonchev–Trinajstić information content (AvgIpc) is 3.38. The molecule has 0 amide bonds. The normalized spacial score (nSPS) is 27.2. The Kier molecular flexibility index (Phi) is 2.30. The van der Waals surface area contributed by atoms with Crippen LogP contribution in [0.2, 0.25) is 0 Å². The van der Waals surface area contributed by atoms with E-state index < -0.39 is 0 Å². The summed E-state index contributed by atoms with van der Waals surface area (Å²) in [6.45, 7) is 3.25. The summed E-state index contributed by atoms with van der Waals surface area (Å²) in [5, 5.41) is 0. The summed E-state index contributed by atoms with van der Waals surface area (Å²) in [6.07, 6.45) is 5.06. The van der Waals surface area contributed by atoms with E-state index in [-0.39, 0.29) is 5.54 Å². The molecule has 5 heteroatoms. The third-order valence-electron chi connectivity index (χ3n) is 8.15. The number of para-hydroxylation sites is 2. The Balaban J connectivity index is 1.66. The molecule has 1 fully saturated rings. The molecule has 2 aromatic carbocycles. The largest absolute Gasteiger partial charge is 0.358 e. The summed E-state index contributed by atoms with van der Waals surface area (Å²) in [7, 11) is 2.29. The van der Waals surface area contributed by atoms with Crippen molar-refractivity contribution in [2.24, 2.45) is 5.92 Å². The monoisotopic (exact) mass is 381 g/mol. The first kappa shape index (κ1) is 15.0. The van der Waals surface area contributed by atoms with Gasteiger partial charge in [0.2, 0.25) is 5.78 Å². The number of nitrogens with zero attached hydrogens (tertiary/aromatic N) is 5. The van der Waals surface area contributed by atoms with E-state index in [9.17, 15) is 0 Å². The van der Waals surface area contributed by atoms with Gasteiger partial charge in [-0.15, -0.1) is 0 Å². The summed E-state index contributed by atoms with van der Waals surface area (Å²) >= 11 is 0. The van der Waals surface area contributed by atoms with Crippen LogP contribution < -0.4 is 4.90 Å². The van der Waals surface area contributed by atoms with Crippen LogP contribution in [0.3, 0.4) is 0 Å². The van der Waals surface area contributed by atoms with Gasteiger partial charge in [-0.1, -0.05) is 18.2 Å². The maximum Gasteiger partial charge on any atom is 0.216 e. The van der Waals surface area contributed by atoms with Gasteiger partial charge < -0.3 is 9.80 Å².